The van der Waals surface area contributed by atoms with Crippen molar-refractivity contribution >= 4 is 16.7 Å². The van der Waals surface area contributed by atoms with Gasteiger partial charge in [-0.25, -0.2) is 4.98 Å². The highest BCUT2D eigenvalue weighted by Crippen LogP contribution is 2.31. The molecule has 6 heteroatoms. The zero-order valence-corrected chi connectivity index (χ0v) is 14.0. The number of pyridine rings is 2. The van der Waals surface area contributed by atoms with Crippen LogP contribution >= 0.6 is 0 Å². The van der Waals surface area contributed by atoms with Gasteiger partial charge in [-0.05, 0) is 35.4 Å². The molecule has 0 atom stereocenters. The summed E-state index contributed by atoms with van der Waals surface area (Å²) in [5, 5.41) is 10.0. The maximum atomic E-state index is 11.6. The summed E-state index contributed by atoms with van der Waals surface area (Å²) in [6.07, 6.45) is 7.39. The number of aromatic nitrogens is 3. The molecule has 3 heterocycles. The predicted octanol–water partition coefficient (Wildman–Crippen LogP) is 3.50. The molecule has 0 amide bonds. The topological polar surface area (TPSA) is 88.6 Å². The average Bonchev–Trinajstić information content (AvgIpc) is 3.10. The van der Waals surface area contributed by atoms with Crippen LogP contribution in [-0.4, -0.2) is 22.0 Å². The number of hydrogen-bond donors (Lipinski definition) is 2. The van der Waals surface area contributed by atoms with E-state index in [9.17, 15) is 4.79 Å². The molecule has 0 saturated heterocycles. The lowest BCUT2D eigenvalue weighted by Gasteiger charge is -2.10. The van der Waals surface area contributed by atoms with Gasteiger partial charge in [0.15, 0.2) is 6.19 Å². The Morgan fingerprint density at radius 1 is 1.08 bits per heavy atom. The van der Waals surface area contributed by atoms with E-state index >= 15 is 0 Å². The Morgan fingerprint density at radius 3 is 2.77 bits per heavy atom. The molecule has 2 N–H and O–H groups in total. The van der Waals surface area contributed by atoms with Crippen molar-refractivity contribution in [1.29, 1.82) is 5.26 Å². The number of nitriles is 1. The minimum absolute atomic E-state index is 0.145. The predicted molar refractivity (Wildman–Crippen MR) is 102 cm³/mol. The third-order valence-corrected chi connectivity index (χ3v) is 4.33. The molecule has 0 unspecified atom stereocenters. The molecule has 126 valence electrons. The first-order chi connectivity index (χ1) is 12.7. The maximum absolute atomic E-state index is 11.6. The summed E-state index contributed by atoms with van der Waals surface area (Å²) < 4.78 is 0. The summed E-state index contributed by atoms with van der Waals surface area (Å²) >= 11 is 0. The van der Waals surface area contributed by atoms with Crippen LogP contribution in [0.25, 0.3) is 33.3 Å². The molecular formula is C20H15N5O. The highest BCUT2D eigenvalue weighted by Gasteiger charge is 2.10. The number of hydrogen-bond acceptors (Lipinski definition) is 4. The van der Waals surface area contributed by atoms with Crippen LogP contribution < -0.4 is 10.5 Å². The lowest BCUT2D eigenvalue weighted by Crippen LogP contribution is -2.07. The van der Waals surface area contributed by atoms with Gasteiger partial charge in [-0.2, -0.15) is 5.26 Å². The third kappa shape index (κ3) is 2.72. The van der Waals surface area contributed by atoms with Gasteiger partial charge in [0.25, 0.3) is 0 Å². The van der Waals surface area contributed by atoms with Gasteiger partial charge in [0.1, 0.15) is 5.65 Å². The number of nitrogens with zero attached hydrogens (tertiary/aromatic N) is 3. The first kappa shape index (κ1) is 15.7. The molecule has 3 aromatic heterocycles. The molecular weight excluding hydrogens is 326 g/mol. The van der Waals surface area contributed by atoms with E-state index in [1.54, 1.807) is 25.5 Å². The molecule has 26 heavy (non-hydrogen) atoms. The van der Waals surface area contributed by atoms with E-state index in [1.165, 1.54) is 4.90 Å². The Kier molecular flexibility index (Phi) is 3.75. The quantitative estimate of drug-likeness (QED) is 0.441. The number of aromatic amines is 2. The van der Waals surface area contributed by atoms with E-state index in [4.69, 9.17) is 5.26 Å². The minimum atomic E-state index is -0.145. The van der Waals surface area contributed by atoms with Crippen molar-refractivity contribution in [2.75, 3.05) is 11.9 Å². The summed E-state index contributed by atoms with van der Waals surface area (Å²) in [7, 11) is 1.72. The molecule has 4 rings (SSSR count). The van der Waals surface area contributed by atoms with Crippen molar-refractivity contribution in [3.05, 3.63) is 71.4 Å². The Morgan fingerprint density at radius 2 is 1.96 bits per heavy atom. The molecule has 0 spiro atoms. The van der Waals surface area contributed by atoms with Crippen molar-refractivity contribution in [2.45, 2.75) is 0 Å². The summed E-state index contributed by atoms with van der Waals surface area (Å²) in [6.45, 7) is 0. The monoisotopic (exact) mass is 341 g/mol. The molecule has 0 saturated carbocycles. The lowest BCUT2D eigenvalue weighted by atomic mass is 10.0. The van der Waals surface area contributed by atoms with Gasteiger partial charge in [-0.15, -0.1) is 0 Å². The number of H-pyrrole nitrogens is 2. The molecule has 0 radical (unpaired) electrons. The molecule has 6 nitrogen and oxygen atoms in total. The average molecular weight is 341 g/mol. The van der Waals surface area contributed by atoms with Crippen LogP contribution in [0.1, 0.15) is 0 Å². The van der Waals surface area contributed by atoms with Gasteiger partial charge in [0, 0.05) is 48.2 Å². The fourth-order valence-electron chi connectivity index (χ4n) is 2.96. The second-order valence-electron chi connectivity index (χ2n) is 5.97. The van der Waals surface area contributed by atoms with Crippen LogP contribution in [0, 0.1) is 11.5 Å². The molecule has 0 bridgehead atoms. The molecule has 1 aromatic carbocycles. The van der Waals surface area contributed by atoms with E-state index in [0.717, 1.165) is 39.0 Å². The highest BCUT2D eigenvalue weighted by molar-refractivity contribution is 5.95. The van der Waals surface area contributed by atoms with Crippen molar-refractivity contribution in [3.8, 4) is 28.4 Å². The highest BCUT2D eigenvalue weighted by atomic mass is 16.1. The Balaban J connectivity index is 1.85. The zero-order chi connectivity index (χ0) is 18.1. The maximum Gasteiger partial charge on any atom is 0.248 e. The Hall–Kier alpha value is -3.85. The fraction of sp³-hybridized carbons (Fsp3) is 0.0500. The zero-order valence-electron chi connectivity index (χ0n) is 14.0. The van der Waals surface area contributed by atoms with E-state index in [1.807, 2.05) is 42.6 Å². The van der Waals surface area contributed by atoms with Crippen LogP contribution in [0.4, 0.5) is 5.69 Å². The van der Waals surface area contributed by atoms with Crippen LogP contribution in [0.3, 0.4) is 0 Å². The molecule has 0 aliphatic heterocycles. The Labute approximate surface area is 149 Å². The van der Waals surface area contributed by atoms with E-state index in [-0.39, 0.29) is 5.56 Å². The normalized spacial score (nSPS) is 10.6. The smallest absolute Gasteiger partial charge is 0.248 e. The van der Waals surface area contributed by atoms with Gasteiger partial charge in [-0.1, -0.05) is 12.1 Å². The number of anilines is 1. The first-order valence-electron chi connectivity index (χ1n) is 8.06. The lowest BCUT2D eigenvalue weighted by molar-refractivity contribution is 1.20. The third-order valence-electron chi connectivity index (χ3n) is 4.33. The second kappa shape index (κ2) is 6.22. The van der Waals surface area contributed by atoms with E-state index in [0.29, 0.717) is 0 Å². The fourth-order valence-corrected chi connectivity index (χ4v) is 2.96. The van der Waals surface area contributed by atoms with Crippen molar-refractivity contribution in [1.82, 2.24) is 15.0 Å². The van der Waals surface area contributed by atoms with Crippen LogP contribution in [0.15, 0.2) is 65.8 Å². The van der Waals surface area contributed by atoms with Crippen LogP contribution in [0.5, 0.6) is 0 Å². The van der Waals surface area contributed by atoms with Gasteiger partial charge >= 0.3 is 0 Å². The number of fused-ring (bicyclic) bond motifs is 1. The summed E-state index contributed by atoms with van der Waals surface area (Å²) in [5.74, 6) is 0. The first-order valence-corrected chi connectivity index (χ1v) is 8.06. The summed E-state index contributed by atoms with van der Waals surface area (Å²) in [5.41, 5.74) is 5.09. The Bertz CT molecular complexity index is 1200. The molecule has 4 aromatic rings. The van der Waals surface area contributed by atoms with Crippen molar-refractivity contribution in [2.24, 2.45) is 0 Å². The van der Waals surface area contributed by atoms with Gasteiger partial charge in [-0.3, -0.25) is 9.69 Å². The summed E-state index contributed by atoms with van der Waals surface area (Å²) in [6, 6.07) is 13.2. The van der Waals surface area contributed by atoms with Gasteiger partial charge in [0.05, 0.1) is 5.69 Å². The SMILES string of the molecule is CN(C#N)c1cccc(-c2cnc3[nH]cc(-c4cc[nH]c(=O)c4)c3c2)c1. The van der Waals surface area contributed by atoms with Crippen LogP contribution in [0.2, 0.25) is 0 Å². The van der Waals surface area contributed by atoms with Crippen molar-refractivity contribution < 1.29 is 0 Å². The van der Waals surface area contributed by atoms with Crippen LogP contribution in [-0.2, 0) is 0 Å². The van der Waals surface area contributed by atoms with Crippen molar-refractivity contribution in [3.63, 3.8) is 0 Å². The van der Waals surface area contributed by atoms with Gasteiger partial charge < -0.3 is 9.97 Å². The van der Waals surface area contributed by atoms with E-state index in [2.05, 4.69) is 21.1 Å². The molecule has 0 aliphatic rings. The molecule has 0 fully saturated rings. The largest absolute Gasteiger partial charge is 0.346 e. The van der Waals surface area contributed by atoms with Gasteiger partial charge in [0.2, 0.25) is 5.56 Å². The number of benzene rings is 1. The molecule has 0 aliphatic carbocycles. The number of nitrogens with one attached hydrogen (secondary N) is 2. The second-order valence-corrected chi connectivity index (χ2v) is 5.97. The minimum Gasteiger partial charge on any atom is -0.346 e. The van der Waals surface area contributed by atoms with E-state index < -0.39 is 0 Å². The number of rotatable bonds is 3. The standard InChI is InChI=1S/C20H15N5O/c1-25(12-21)16-4-2-3-13(7-16)15-8-17-18(11-24-20(17)23-10-15)14-5-6-22-19(26)9-14/h2-11H,1H3,(H,22,26)(H,23,24). The summed E-state index contributed by atoms with van der Waals surface area (Å²) in [4.78, 5) is 23.4.